The number of carbonyl (C=O) groups is 1. The normalized spacial score (nSPS) is 9.54. The van der Waals surface area contributed by atoms with Gasteiger partial charge in [0.1, 0.15) is 0 Å². The van der Waals surface area contributed by atoms with E-state index >= 15 is 0 Å². The van der Waals surface area contributed by atoms with E-state index < -0.39 is 22.1 Å². The number of phenolic OH excluding ortho intramolecular Hbond substituents is 2. The first-order valence-corrected chi connectivity index (χ1v) is 3.22. The van der Waals surface area contributed by atoms with Crippen LogP contribution in [0.4, 0.5) is 5.69 Å². The Morgan fingerprint density at radius 1 is 1.31 bits per heavy atom. The molecule has 0 bridgehead atoms. The van der Waals surface area contributed by atoms with Crippen molar-refractivity contribution in [2.45, 2.75) is 0 Å². The fourth-order valence-corrected chi connectivity index (χ4v) is 0.827. The minimum Gasteiger partial charge on any atom is -0.504 e. The molecular formula is C7H5NO5. The lowest BCUT2D eigenvalue weighted by atomic mass is 10.2. The summed E-state index contributed by atoms with van der Waals surface area (Å²) in [4.78, 5) is 19.6. The van der Waals surface area contributed by atoms with Crippen LogP contribution in [0.1, 0.15) is 10.4 Å². The highest BCUT2D eigenvalue weighted by molar-refractivity contribution is 5.82. The number of nitro benzene ring substituents is 1. The number of aldehydes is 1. The van der Waals surface area contributed by atoms with E-state index in [9.17, 15) is 14.9 Å². The third-order valence-corrected chi connectivity index (χ3v) is 1.48. The van der Waals surface area contributed by atoms with Crippen molar-refractivity contribution in [3.8, 4) is 11.5 Å². The first-order chi connectivity index (χ1) is 6.07. The maximum atomic E-state index is 10.2. The van der Waals surface area contributed by atoms with Crippen LogP contribution < -0.4 is 0 Å². The van der Waals surface area contributed by atoms with E-state index in [4.69, 9.17) is 10.2 Å². The summed E-state index contributed by atoms with van der Waals surface area (Å²) in [5.74, 6) is -1.67. The van der Waals surface area contributed by atoms with Gasteiger partial charge in [0.15, 0.2) is 12.0 Å². The molecule has 1 aromatic carbocycles. The fourth-order valence-electron chi connectivity index (χ4n) is 0.827. The molecule has 6 heteroatoms. The van der Waals surface area contributed by atoms with Gasteiger partial charge in [0.2, 0.25) is 5.75 Å². The van der Waals surface area contributed by atoms with Crippen molar-refractivity contribution in [3.63, 3.8) is 0 Å². The second-order valence-corrected chi connectivity index (χ2v) is 2.25. The summed E-state index contributed by atoms with van der Waals surface area (Å²) in [6, 6.07) is 2.00. The Hall–Kier alpha value is -2.11. The molecular weight excluding hydrogens is 178 g/mol. The average Bonchev–Trinajstić information content (AvgIpc) is 2.09. The lowest BCUT2D eigenvalue weighted by Crippen LogP contribution is -1.90. The molecule has 13 heavy (non-hydrogen) atoms. The van der Waals surface area contributed by atoms with Crippen LogP contribution >= 0.6 is 0 Å². The molecule has 0 aliphatic rings. The smallest absolute Gasteiger partial charge is 0.314 e. The third-order valence-electron chi connectivity index (χ3n) is 1.48. The van der Waals surface area contributed by atoms with Crippen LogP contribution in [0.3, 0.4) is 0 Å². The largest absolute Gasteiger partial charge is 0.504 e. The molecule has 0 aliphatic carbocycles. The second kappa shape index (κ2) is 3.10. The molecule has 0 aromatic heterocycles. The molecule has 0 spiro atoms. The van der Waals surface area contributed by atoms with Gasteiger partial charge in [-0.25, -0.2) is 0 Å². The predicted octanol–water partition coefficient (Wildman–Crippen LogP) is 0.818. The summed E-state index contributed by atoms with van der Waals surface area (Å²) in [6.07, 6.45) is 0.290. The molecule has 6 nitrogen and oxygen atoms in total. The van der Waals surface area contributed by atoms with Crippen molar-refractivity contribution < 1.29 is 19.9 Å². The first-order valence-electron chi connectivity index (χ1n) is 3.22. The Labute approximate surface area is 72.2 Å². The van der Waals surface area contributed by atoms with Crippen LogP contribution in [0, 0.1) is 10.1 Å². The molecule has 0 saturated heterocycles. The maximum absolute atomic E-state index is 10.2. The van der Waals surface area contributed by atoms with Crippen molar-refractivity contribution in [2.24, 2.45) is 0 Å². The molecule has 1 rings (SSSR count). The highest BCUT2D eigenvalue weighted by Gasteiger charge is 2.19. The number of carbonyl (C=O) groups excluding carboxylic acids is 1. The summed E-state index contributed by atoms with van der Waals surface area (Å²) >= 11 is 0. The number of nitro groups is 1. The van der Waals surface area contributed by atoms with Gasteiger partial charge in [0.25, 0.3) is 0 Å². The van der Waals surface area contributed by atoms with Crippen LogP contribution in [0.25, 0.3) is 0 Å². The van der Waals surface area contributed by atoms with Crippen molar-refractivity contribution >= 4 is 12.0 Å². The molecule has 2 N–H and O–H groups in total. The van der Waals surface area contributed by atoms with Crippen LogP contribution in [0.15, 0.2) is 12.1 Å². The van der Waals surface area contributed by atoms with E-state index in [0.717, 1.165) is 12.1 Å². The number of hydrogen-bond donors (Lipinski definition) is 2. The Morgan fingerprint density at radius 3 is 2.38 bits per heavy atom. The maximum Gasteiger partial charge on any atom is 0.314 e. The highest BCUT2D eigenvalue weighted by atomic mass is 16.6. The van der Waals surface area contributed by atoms with Crippen LogP contribution in [0.5, 0.6) is 11.5 Å². The van der Waals surface area contributed by atoms with E-state index in [-0.39, 0.29) is 5.56 Å². The molecule has 0 aliphatic heterocycles. The minimum absolute atomic E-state index is 0.192. The third kappa shape index (κ3) is 1.41. The van der Waals surface area contributed by atoms with Gasteiger partial charge < -0.3 is 10.2 Å². The molecule has 0 unspecified atom stereocenters. The summed E-state index contributed by atoms with van der Waals surface area (Å²) in [7, 11) is 0. The monoisotopic (exact) mass is 183 g/mol. The fraction of sp³-hybridized carbons (Fsp3) is 0. The Kier molecular flexibility index (Phi) is 2.14. The quantitative estimate of drug-likeness (QED) is 0.306. The molecule has 0 amide bonds. The van der Waals surface area contributed by atoms with Gasteiger partial charge in [-0.3, -0.25) is 14.9 Å². The molecule has 68 valence electrons. The number of rotatable bonds is 2. The first kappa shape index (κ1) is 8.98. The number of benzene rings is 1. The number of phenols is 2. The number of aromatic hydroxyl groups is 2. The van der Waals surface area contributed by atoms with E-state index in [1.54, 1.807) is 0 Å². The summed E-state index contributed by atoms with van der Waals surface area (Å²) in [6.45, 7) is 0. The van der Waals surface area contributed by atoms with Gasteiger partial charge in [-0.1, -0.05) is 0 Å². The molecule has 1 aromatic rings. The second-order valence-electron chi connectivity index (χ2n) is 2.25. The summed E-state index contributed by atoms with van der Waals surface area (Å²) < 4.78 is 0. The Bertz CT molecular complexity index is 373. The topological polar surface area (TPSA) is 101 Å². The van der Waals surface area contributed by atoms with Gasteiger partial charge in [0, 0.05) is 6.07 Å². The van der Waals surface area contributed by atoms with Crippen molar-refractivity contribution in [2.75, 3.05) is 0 Å². The van der Waals surface area contributed by atoms with Gasteiger partial charge in [-0.15, -0.1) is 0 Å². The number of nitrogens with zero attached hydrogens (tertiary/aromatic N) is 1. The zero-order valence-electron chi connectivity index (χ0n) is 6.30. The van der Waals surface area contributed by atoms with E-state index in [1.165, 1.54) is 0 Å². The molecule has 0 atom stereocenters. The highest BCUT2D eigenvalue weighted by Crippen LogP contribution is 2.36. The molecule has 0 radical (unpaired) electrons. The van der Waals surface area contributed by atoms with Gasteiger partial charge in [0.05, 0.1) is 10.5 Å². The van der Waals surface area contributed by atoms with Crippen LogP contribution in [-0.2, 0) is 0 Å². The van der Waals surface area contributed by atoms with Crippen LogP contribution in [0.2, 0.25) is 0 Å². The zero-order valence-corrected chi connectivity index (χ0v) is 6.30. The zero-order chi connectivity index (χ0) is 10.0. The SMILES string of the molecule is O=Cc1ccc([N+](=O)[O-])c(O)c1O. The van der Waals surface area contributed by atoms with Gasteiger partial charge in [-0.2, -0.15) is 0 Å². The van der Waals surface area contributed by atoms with Gasteiger partial charge >= 0.3 is 5.69 Å². The standard InChI is InChI=1S/C7H5NO5/c9-3-4-1-2-5(8(12)13)7(11)6(4)10/h1-3,10-11H. The van der Waals surface area contributed by atoms with Crippen molar-refractivity contribution in [1.82, 2.24) is 0 Å². The van der Waals surface area contributed by atoms with Crippen molar-refractivity contribution in [1.29, 1.82) is 0 Å². The summed E-state index contributed by atoms with van der Waals surface area (Å²) in [5.41, 5.74) is -0.828. The Balaban J connectivity index is 3.39. The molecule has 0 heterocycles. The van der Waals surface area contributed by atoms with Gasteiger partial charge in [-0.05, 0) is 6.07 Å². The van der Waals surface area contributed by atoms with E-state index in [0.29, 0.717) is 6.29 Å². The molecule has 0 saturated carbocycles. The predicted molar refractivity (Wildman–Crippen MR) is 41.8 cm³/mol. The lowest BCUT2D eigenvalue weighted by Gasteiger charge is -2.00. The minimum atomic E-state index is -0.894. The van der Waals surface area contributed by atoms with E-state index in [1.807, 2.05) is 0 Å². The van der Waals surface area contributed by atoms with E-state index in [2.05, 4.69) is 0 Å². The molecule has 0 fully saturated rings. The average molecular weight is 183 g/mol. The number of hydrogen-bond acceptors (Lipinski definition) is 5. The lowest BCUT2D eigenvalue weighted by molar-refractivity contribution is -0.386. The Morgan fingerprint density at radius 2 is 1.92 bits per heavy atom. The van der Waals surface area contributed by atoms with Crippen LogP contribution in [-0.4, -0.2) is 21.4 Å². The van der Waals surface area contributed by atoms with Crippen molar-refractivity contribution in [3.05, 3.63) is 27.8 Å². The summed E-state index contributed by atoms with van der Waals surface area (Å²) in [5, 5.41) is 28.3.